The van der Waals surface area contributed by atoms with Gasteiger partial charge in [-0.15, -0.1) is 0 Å². The maximum atomic E-state index is 11.1. The largest absolute Gasteiger partial charge is 0.378 e. The van der Waals surface area contributed by atoms with Crippen LogP contribution in [0, 0.1) is 11.3 Å². The van der Waals surface area contributed by atoms with Gasteiger partial charge >= 0.3 is 0 Å². The highest BCUT2D eigenvalue weighted by Gasteiger charge is 2.19. The second-order valence-corrected chi connectivity index (χ2v) is 3.25. The lowest BCUT2D eigenvalue weighted by Crippen LogP contribution is -2.37. The Balaban J connectivity index is 2.93. The zero-order valence-corrected chi connectivity index (χ0v) is 8.82. The minimum absolute atomic E-state index is 0.0689. The van der Waals surface area contributed by atoms with E-state index in [1.165, 1.54) is 0 Å². The van der Waals surface area contributed by atoms with Crippen molar-refractivity contribution in [3.63, 3.8) is 0 Å². The molecule has 0 bridgehead atoms. The average Bonchev–Trinajstić information content (AvgIpc) is 2.26. The van der Waals surface area contributed by atoms with Gasteiger partial charge in [-0.3, -0.25) is 4.79 Å². The summed E-state index contributed by atoms with van der Waals surface area (Å²) in [6, 6.07) is 1.87. The molecule has 0 spiro atoms. The number of nitriles is 1. The summed E-state index contributed by atoms with van der Waals surface area (Å²) in [5.74, 6) is -0.652. The Morgan fingerprint density at radius 1 is 1.53 bits per heavy atom. The first-order chi connectivity index (χ1) is 7.20. The van der Waals surface area contributed by atoms with Crippen LogP contribution in [0.2, 0.25) is 0 Å². The third-order valence-corrected chi connectivity index (χ3v) is 2.37. The molecule has 82 valence electrons. The molecule has 1 fully saturated rings. The summed E-state index contributed by atoms with van der Waals surface area (Å²) < 4.78 is 5.20. The van der Waals surface area contributed by atoms with Gasteiger partial charge in [0.05, 0.1) is 13.2 Å². The topological polar surface area (TPSA) is 79.3 Å². The van der Waals surface area contributed by atoms with Crippen molar-refractivity contribution >= 4 is 5.91 Å². The van der Waals surface area contributed by atoms with E-state index in [1.807, 2.05) is 17.9 Å². The quantitative estimate of drug-likeness (QED) is 0.523. The van der Waals surface area contributed by atoms with Crippen LogP contribution >= 0.6 is 0 Å². The van der Waals surface area contributed by atoms with Crippen LogP contribution < -0.4 is 5.73 Å². The minimum atomic E-state index is -0.652. The highest BCUT2D eigenvalue weighted by atomic mass is 16.5. The van der Waals surface area contributed by atoms with Gasteiger partial charge in [-0.05, 0) is 6.42 Å². The van der Waals surface area contributed by atoms with E-state index in [1.54, 1.807) is 0 Å². The second kappa shape index (κ2) is 5.37. The zero-order chi connectivity index (χ0) is 11.3. The smallest absolute Gasteiger partial charge is 0.261 e. The minimum Gasteiger partial charge on any atom is -0.378 e. The molecular weight excluding hydrogens is 194 g/mol. The fourth-order valence-electron chi connectivity index (χ4n) is 1.65. The number of allylic oxidation sites excluding steroid dienone is 1. The summed E-state index contributed by atoms with van der Waals surface area (Å²) in [5, 5.41) is 8.86. The molecule has 0 unspecified atom stereocenters. The van der Waals surface area contributed by atoms with E-state index in [2.05, 4.69) is 0 Å². The predicted molar refractivity (Wildman–Crippen MR) is 54.5 cm³/mol. The number of carbonyl (C=O) groups is 1. The molecule has 5 heteroatoms. The average molecular weight is 209 g/mol. The lowest BCUT2D eigenvalue weighted by atomic mass is 10.1. The van der Waals surface area contributed by atoms with Crippen LogP contribution in [0.15, 0.2) is 11.3 Å². The molecule has 1 amide bonds. The van der Waals surface area contributed by atoms with Crippen molar-refractivity contribution < 1.29 is 9.53 Å². The summed E-state index contributed by atoms with van der Waals surface area (Å²) in [6.45, 7) is 4.58. The Bertz CT molecular complexity index is 311. The van der Waals surface area contributed by atoms with Crippen molar-refractivity contribution in [3.8, 4) is 6.07 Å². The third kappa shape index (κ3) is 2.70. The molecule has 0 aliphatic carbocycles. The molecule has 0 aromatic rings. The van der Waals surface area contributed by atoms with Gasteiger partial charge in [0.15, 0.2) is 0 Å². The molecule has 2 N–H and O–H groups in total. The Kier molecular flexibility index (Phi) is 4.13. The Morgan fingerprint density at radius 3 is 2.53 bits per heavy atom. The molecule has 0 atom stereocenters. The highest BCUT2D eigenvalue weighted by Crippen LogP contribution is 2.15. The molecule has 0 aromatic heterocycles. The van der Waals surface area contributed by atoms with Crippen LogP contribution in [0.25, 0.3) is 0 Å². The van der Waals surface area contributed by atoms with Crippen LogP contribution in [-0.2, 0) is 9.53 Å². The second-order valence-electron chi connectivity index (χ2n) is 3.25. The van der Waals surface area contributed by atoms with E-state index in [0.717, 1.165) is 5.70 Å². The van der Waals surface area contributed by atoms with Crippen LogP contribution in [0.3, 0.4) is 0 Å². The maximum Gasteiger partial charge on any atom is 0.261 e. The maximum absolute atomic E-state index is 11.1. The van der Waals surface area contributed by atoms with Gasteiger partial charge in [-0.25, -0.2) is 0 Å². The standard InChI is InChI=1S/C10H15N3O2/c1-2-9(8(7-11)10(12)14)13-3-5-15-6-4-13/h2-6H2,1H3,(H2,12,14)/b9-8-. The number of carbonyl (C=O) groups excluding carboxylic acids is 1. The van der Waals surface area contributed by atoms with E-state index < -0.39 is 5.91 Å². The third-order valence-electron chi connectivity index (χ3n) is 2.37. The van der Waals surface area contributed by atoms with Crippen LogP contribution in [0.4, 0.5) is 0 Å². The van der Waals surface area contributed by atoms with Crippen molar-refractivity contribution in [2.24, 2.45) is 5.73 Å². The zero-order valence-electron chi connectivity index (χ0n) is 8.82. The highest BCUT2D eigenvalue weighted by molar-refractivity contribution is 5.96. The molecule has 1 heterocycles. The first-order valence-electron chi connectivity index (χ1n) is 4.96. The number of morpholine rings is 1. The van der Waals surface area contributed by atoms with E-state index in [-0.39, 0.29) is 5.57 Å². The molecule has 15 heavy (non-hydrogen) atoms. The van der Waals surface area contributed by atoms with E-state index in [0.29, 0.717) is 32.7 Å². The van der Waals surface area contributed by atoms with Crippen molar-refractivity contribution in [2.45, 2.75) is 13.3 Å². The molecule has 1 aliphatic heterocycles. The molecule has 0 radical (unpaired) electrons. The fourth-order valence-corrected chi connectivity index (χ4v) is 1.65. The summed E-state index contributed by atoms with van der Waals surface area (Å²) in [7, 11) is 0. The first-order valence-corrected chi connectivity index (χ1v) is 4.96. The van der Waals surface area contributed by atoms with E-state index in [4.69, 9.17) is 15.7 Å². The summed E-state index contributed by atoms with van der Waals surface area (Å²) >= 11 is 0. The fraction of sp³-hybridized carbons (Fsp3) is 0.600. The predicted octanol–water partition coefficient (Wildman–Crippen LogP) is -0.00842. The summed E-state index contributed by atoms with van der Waals surface area (Å²) in [6.07, 6.45) is 0.631. The molecule has 0 aromatic carbocycles. The SMILES string of the molecule is CC/C(=C(\C#N)C(N)=O)N1CCOCC1. The monoisotopic (exact) mass is 209 g/mol. The number of nitrogens with zero attached hydrogens (tertiary/aromatic N) is 2. The Morgan fingerprint density at radius 2 is 2.13 bits per heavy atom. The number of hydrogen-bond donors (Lipinski definition) is 1. The molecule has 0 saturated carbocycles. The van der Waals surface area contributed by atoms with Crippen LogP contribution in [-0.4, -0.2) is 37.1 Å². The lowest BCUT2D eigenvalue weighted by Gasteiger charge is -2.31. The number of primary amides is 1. The van der Waals surface area contributed by atoms with E-state index in [9.17, 15) is 4.79 Å². The summed E-state index contributed by atoms with van der Waals surface area (Å²) in [5.41, 5.74) is 5.95. The van der Waals surface area contributed by atoms with Gasteiger partial charge in [0.2, 0.25) is 0 Å². The van der Waals surface area contributed by atoms with Crippen molar-refractivity contribution in [1.82, 2.24) is 4.90 Å². The Hall–Kier alpha value is -1.54. The number of rotatable bonds is 3. The Labute approximate surface area is 89.1 Å². The molecule has 1 rings (SSSR count). The molecule has 1 saturated heterocycles. The molecular formula is C10H15N3O2. The van der Waals surface area contributed by atoms with Crippen molar-refractivity contribution in [1.29, 1.82) is 5.26 Å². The van der Waals surface area contributed by atoms with Gasteiger partial charge < -0.3 is 15.4 Å². The molecule has 1 aliphatic rings. The van der Waals surface area contributed by atoms with Gasteiger partial charge in [-0.2, -0.15) is 5.26 Å². The molecule has 5 nitrogen and oxygen atoms in total. The van der Waals surface area contributed by atoms with E-state index >= 15 is 0 Å². The van der Waals surface area contributed by atoms with Crippen LogP contribution in [0.5, 0.6) is 0 Å². The van der Waals surface area contributed by atoms with Gasteiger partial charge in [-0.1, -0.05) is 6.92 Å². The van der Waals surface area contributed by atoms with Gasteiger partial charge in [0, 0.05) is 18.8 Å². The summed E-state index contributed by atoms with van der Waals surface area (Å²) in [4.78, 5) is 13.1. The van der Waals surface area contributed by atoms with Crippen molar-refractivity contribution in [2.75, 3.05) is 26.3 Å². The van der Waals surface area contributed by atoms with Crippen LogP contribution in [0.1, 0.15) is 13.3 Å². The normalized spacial score (nSPS) is 18.0. The van der Waals surface area contributed by atoms with Gasteiger partial charge in [0.1, 0.15) is 11.6 Å². The van der Waals surface area contributed by atoms with Gasteiger partial charge in [0.25, 0.3) is 5.91 Å². The number of hydrogen-bond acceptors (Lipinski definition) is 4. The van der Waals surface area contributed by atoms with Crippen molar-refractivity contribution in [3.05, 3.63) is 11.3 Å². The number of ether oxygens (including phenoxy) is 1. The number of amides is 1. The first kappa shape index (κ1) is 11.5. The lowest BCUT2D eigenvalue weighted by molar-refractivity contribution is -0.114. The number of nitrogens with two attached hydrogens (primary N) is 1.